The number of rotatable bonds is 5. The summed E-state index contributed by atoms with van der Waals surface area (Å²) < 4.78 is 59.7. The third kappa shape index (κ3) is 3.43. The van der Waals surface area contributed by atoms with E-state index < -0.39 is 34.3 Å². The molecule has 0 fully saturated rings. The van der Waals surface area contributed by atoms with Crippen molar-refractivity contribution in [3.63, 3.8) is 0 Å². The van der Waals surface area contributed by atoms with Crippen molar-refractivity contribution < 1.29 is 22.7 Å². The lowest BCUT2D eigenvalue weighted by atomic mass is 9.86. The number of benzene rings is 2. The van der Waals surface area contributed by atoms with Gasteiger partial charge in [-0.25, -0.2) is 14.1 Å². The first-order chi connectivity index (χ1) is 16.6. The lowest BCUT2D eigenvalue weighted by molar-refractivity contribution is -0.247. The Kier molecular flexibility index (Phi) is 5.09. The highest BCUT2D eigenvalue weighted by molar-refractivity contribution is 5.84. The molecule has 7 nitrogen and oxygen atoms in total. The summed E-state index contributed by atoms with van der Waals surface area (Å²) in [5.41, 5.74) is -4.62. The van der Waals surface area contributed by atoms with Gasteiger partial charge in [0.2, 0.25) is 5.60 Å². The monoisotopic (exact) mass is 483 g/mol. The quantitative estimate of drug-likeness (QED) is 0.290. The standard InChI is InChI=1S/C24H17F4N5O2/c1-2-9-32-12-18(20-21(32)22(34)30-13-29-20)23(35,24(26,27)28)15-3-8-19-14(10-15)11-31-33(19)17-6-4-16(25)5-7-17/h2-8,10-13,35H,1,9H2,(H,29,30,34). The second kappa shape index (κ2) is 7.91. The third-order valence-electron chi connectivity index (χ3n) is 5.84. The van der Waals surface area contributed by atoms with E-state index in [1.54, 1.807) is 0 Å². The first-order valence-corrected chi connectivity index (χ1v) is 10.4. The van der Waals surface area contributed by atoms with Gasteiger partial charge in [-0.3, -0.25) is 4.79 Å². The van der Waals surface area contributed by atoms with E-state index in [1.807, 2.05) is 0 Å². The number of aromatic amines is 1. The van der Waals surface area contributed by atoms with Crippen molar-refractivity contribution in [2.24, 2.45) is 0 Å². The summed E-state index contributed by atoms with van der Waals surface area (Å²) in [5, 5.41) is 15.8. The van der Waals surface area contributed by atoms with Crippen LogP contribution in [-0.4, -0.2) is 35.6 Å². The number of hydrogen-bond acceptors (Lipinski definition) is 4. The Balaban J connectivity index is 1.73. The van der Waals surface area contributed by atoms with E-state index >= 15 is 0 Å². The number of nitrogens with zero attached hydrogens (tertiary/aromatic N) is 4. The van der Waals surface area contributed by atoms with Gasteiger partial charge in [-0.05, 0) is 42.0 Å². The number of alkyl halides is 3. The Morgan fingerprint density at radius 1 is 1.14 bits per heavy atom. The van der Waals surface area contributed by atoms with Gasteiger partial charge < -0.3 is 14.7 Å². The summed E-state index contributed by atoms with van der Waals surface area (Å²) in [5.74, 6) is -0.439. The second-order valence-electron chi connectivity index (χ2n) is 7.93. The Bertz CT molecular complexity index is 1630. The number of nitrogens with one attached hydrogen (secondary N) is 1. The Morgan fingerprint density at radius 3 is 2.57 bits per heavy atom. The Morgan fingerprint density at radius 2 is 1.89 bits per heavy atom. The van der Waals surface area contributed by atoms with Crippen molar-refractivity contribution in [3.8, 4) is 5.69 Å². The van der Waals surface area contributed by atoms with Gasteiger partial charge in [0, 0.05) is 23.7 Å². The molecule has 11 heteroatoms. The average molecular weight is 483 g/mol. The van der Waals surface area contributed by atoms with Crippen LogP contribution in [0.25, 0.3) is 27.6 Å². The first-order valence-electron chi connectivity index (χ1n) is 10.4. The van der Waals surface area contributed by atoms with Crippen molar-refractivity contribution in [2.45, 2.75) is 18.3 Å². The van der Waals surface area contributed by atoms with Gasteiger partial charge in [0.05, 0.1) is 23.7 Å². The SMILES string of the molecule is C=CCn1cc(C(O)(c2ccc3c(cnn3-c3ccc(F)cc3)c2)C(F)(F)F)c2nc[nH]c(=O)c21. The molecule has 0 amide bonds. The summed E-state index contributed by atoms with van der Waals surface area (Å²) in [6.45, 7) is 3.60. The van der Waals surface area contributed by atoms with Crippen LogP contribution in [0.2, 0.25) is 0 Å². The Hall–Kier alpha value is -4.25. The second-order valence-corrected chi connectivity index (χ2v) is 7.93. The minimum atomic E-state index is -5.16. The van der Waals surface area contributed by atoms with Gasteiger partial charge in [-0.1, -0.05) is 12.1 Å². The fourth-order valence-electron chi connectivity index (χ4n) is 4.20. The minimum Gasteiger partial charge on any atom is -0.372 e. The van der Waals surface area contributed by atoms with E-state index in [4.69, 9.17) is 0 Å². The van der Waals surface area contributed by atoms with Crippen molar-refractivity contribution >= 4 is 21.9 Å². The van der Waals surface area contributed by atoms with Crippen molar-refractivity contribution in [2.75, 3.05) is 0 Å². The van der Waals surface area contributed by atoms with Gasteiger partial charge >= 0.3 is 6.18 Å². The molecule has 2 N–H and O–H groups in total. The molecule has 0 radical (unpaired) electrons. The summed E-state index contributed by atoms with van der Waals surface area (Å²) in [7, 11) is 0. The summed E-state index contributed by atoms with van der Waals surface area (Å²) in [6.07, 6.45) is -0.348. The maximum atomic E-state index is 14.6. The molecule has 3 aromatic heterocycles. The molecule has 0 aliphatic carbocycles. The zero-order chi connectivity index (χ0) is 25.0. The van der Waals surface area contributed by atoms with Crippen molar-refractivity contribution in [1.82, 2.24) is 24.3 Å². The molecule has 0 aliphatic rings. The Labute approximate surface area is 194 Å². The lowest BCUT2D eigenvalue weighted by Gasteiger charge is -2.30. The molecule has 3 heterocycles. The number of H-pyrrole nitrogens is 1. The zero-order valence-electron chi connectivity index (χ0n) is 17.9. The molecule has 35 heavy (non-hydrogen) atoms. The van der Waals surface area contributed by atoms with Crippen LogP contribution in [0.5, 0.6) is 0 Å². The fraction of sp³-hybridized carbons (Fsp3) is 0.125. The predicted molar refractivity (Wildman–Crippen MR) is 121 cm³/mol. The first kappa shape index (κ1) is 22.5. The number of aliphatic hydroxyl groups is 1. The number of allylic oxidation sites excluding steroid dienone is 1. The molecule has 0 bridgehead atoms. The normalized spacial score (nSPS) is 13.9. The topological polar surface area (TPSA) is 88.7 Å². The van der Waals surface area contributed by atoms with E-state index in [0.29, 0.717) is 16.6 Å². The molecule has 1 unspecified atom stereocenters. The number of hydrogen-bond donors (Lipinski definition) is 2. The maximum absolute atomic E-state index is 14.6. The van der Waals surface area contributed by atoms with Gasteiger partial charge in [0.1, 0.15) is 16.9 Å². The van der Waals surface area contributed by atoms with E-state index in [1.165, 1.54) is 57.9 Å². The number of aromatic nitrogens is 5. The van der Waals surface area contributed by atoms with Crippen LogP contribution in [0.1, 0.15) is 11.1 Å². The zero-order valence-corrected chi connectivity index (χ0v) is 17.9. The van der Waals surface area contributed by atoms with Crippen molar-refractivity contribution in [1.29, 1.82) is 0 Å². The van der Waals surface area contributed by atoms with Crippen LogP contribution in [-0.2, 0) is 12.1 Å². The molecule has 5 rings (SSSR count). The van der Waals surface area contributed by atoms with Gasteiger partial charge in [-0.15, -0.1) is 6.58 Å². The van der Waals surface area contributed by atoms with Gasteiger partial charge in [0.25, 0.3) is 5.56 Å². The average Bonchev–Trinajstić information content (AvgIpc) is 3.41. The largest absolute Gasteiger partial charge is 0.425 e. The number of halogens is 4. The van der Waals surface area contributed by atoms with Crippen LogP contribution >= 0.6 is 0 Å². The van der Waals surface area contributed by atoms with E-state index in [9.17, 15) is 27.5 Å². The predicted octanol–water partition coefficient (Wildman–Crippen LogP) is 4.19. The van der Waals surface area contributed by atoms with E-state index in [-0.39, 0.29) is 17.6 Å². The van der Waals surface area contributed by atoms with Crippen molar-refractivity contribution in [3.05, 3.63) is 101 Å². The molecule has 0 saturated heterocycles. The smallest absolute Gasteiger partial charge is 0.372 e. The van der Waals surface area contributed by atoms with Crippen LogP contribution < -0.4 is 5.56 Å². The third-order valence-corrected chi connectivity index (χ3v) is 5.84. The highest BCUT2D eigenvalue weighted by Crippen LogP contribution is 2.47. The fourth-order valence-corrected chi connectivity index (χ4v) is 4.20. The molecule has 2 aromatic carbocycles. The summed E-state index contributed by atoms with van der Waals surface area (Å²) >= 11 is 0. The van der Waals surface area contributed by atoms with Gasteiger partial charge in [0.15, 0.2) is 0 Å². The van der Waals surface area contributed by atoms with Crippen LogP contribution in [0, 0.1) is 5.82 Å². The highest BCUT2D eigenvalue weighted by Gasteiger charge is 2.58. The molecule has 0 saturated carbocycles. The summed E-state index contributed by atoms with van der Waals surface area (Å²) in [6, 6.07) is 9.17. The molecular weight excluding hydrogens is 466 g/mol. The minimum absolute atomic E-state index is 0.0304. The van der Waals surface area contributed by atoms with Crippen LogP contribution in [0.3, 0.4) is 0 Å². The van der Waals surface area contributed by atoms with Crippen LogP contribution in [0.4, 0.5) is 17.6 Å². The molecule has 1 atom stereocenters. The number of fused-ring (bicyclic) bond motifs is 2. The molecule has 0 spiro atoms. The molecule has 5 aromatic rings. The van der Waals surface area contributed by atoms with Gasteiger partial charge in [-0.2, -0.15) is 18.3 Å². The van der Waals surface area contributed by atoms with Crippen LogP contribution in [0.15, 0.2) is 78.6 Å². The molecule has 0 aliphatic heterocycles. The molecular formula is C24H17F4N5O2. The lowest BCUT2D eigenvalue weighted by Crippen LogP contribution is -2.43. The maximum Gasteiger partial charge on any atom is 0.425 e. The highest BCUT2D eigenvalue weighted by atomic mass is 19.4. The van der Waals surface area contributed by atoms with E-state index in [0.717, 1.165) is 18.6 Å². The van der Waals surface area contributed by atoms with E-state index in [2.05, 4.69) is 21.6 Å². The molecule has 178 valence electrons. The summed E-state index contributed by atoms with van der Waals surface area (Å²) in [4.78, 5) is 18.7.